The Morgan fingerprint density at radius 3 is 2.72 bits per heavy atom. The second kappa shape index (κ2) is 8.96. The van der Waals surface area contributed by atoms with Gasteiger partial charge in [0.2, 0.25) is 0 Å². The van der Waals surface area contributed by atoms with Gasteiger partial charge >= 0.3 is 0 Å². The van der Waals surface area contributed by atoms with Gasteiger partial charge in [-0.15, -0.1) is 0 Å². The Labute approximate surface area is 188 Å². The molecule has 6 nitrogen and oxygen atoms in total. The first-order valence-corrected chi connectivity index (χ1v) is 11.6. The second-order valence-corrected chi connectivity index (χ2v) is 8.75. The van der Waals surface area contributed by atoms with E-state index in [1.54, 1.807) is 6.20 Å². The molecular weight excluding hydrogens is 396 g/mol. The van der Waals surface area contributed by atoms with Crippen molar-refractivity contribution < 1.29 is 0 Å². The quantitative estimate of drug-likeness (QED) is 0.373. The molecule has 0 bridgehead atoms. The summed E-state index contributed by atoms with van der Waals surface area (Å²) in [6.07, 6.45) is 15.2. The van der Waals surface area contributed by atoms with Gasteiger partial charge in [0.1, 0.15) is 11.5 Å². The predicted molar refractivity (Wildman–Crippen MR) is 125 cm³/mol. The molecule has 0 N–H and O–H groups in total. The maximum absolute atomic E-state index is 9.40. The smallest absolute Gasteiger partial charge is 0.149 e. The number of fused-ring (bicyclic) bond motifs is 1. The van der Waals surface area contributed by atoms with Crippen molar-refractivity contribution in [1.29, 1.82) is 5.26 Å². The summed E-state index contributed by atoms with van der Waals surface area (Å²) >= 11 is 0. The van der Waals surface area contributed by atoms with Gasteiger partial charge in [0, 0.05) is 30.2 Å². The number of aryl methyl sites for hydroxylation is 1. The summed E-state index contributed by atoms with van der Waals surface area (Å²) in [4.78, 5) is 9.54. The summed E-state index contributed by atoms with van der Waals surface area (Å²) in [7, 11) is 0. The van der Waals surface area contributed by atoms with Crippen LogP contribution in [0.1, 0.15) is 57.1 Å². The van der Waals surface area contributed by atoms with Crippen molar-refractivity contribution in [3.05, 3.63) is 60.7 Å². The molecule has 1 atom stereocenters. The highest BCUT2D eigenvalue weighted by molar-refractivity contribution is 5.69. The van der Waals surface area contributed by atoms with E-state index >= 15 is 0 Å². The molecule has 4 aromatic rings. The zero-order chi connectivity index (χ0) is 21.9. The normalized spacial score (nSPS) is 15.2. The average molecular weight is 425 g/mol. The van der Waals surface area contributed by atoms with E-state index in [4.69, 9.17) is 4.98 Å². The molecule has 32 heavy (non-hydrogen) atoms. The van der Waals surface area contributed by atoms with E-state index < -0.39 is 0 Å². The van der Waals surface area contributed by atoms with Gasteiger partial charge in [-0.05, 0) is 30.7 Å². The molecule has 1 unspecified atom stereocenters. The first-order valence-electron chi connectivity index (χ1n) is 11.6. The number of imidazole rings is 1. The number of hydrogen-bond donors (Lipinski definition) is 0. The summed E-state index contributed by atoms with van der Waals surface area (Å²) in [5.41, 5.74) is 5.13. The predicted octanol–water partition coefficient (Wildman–Crippen LogP) is 5.86. The second-order valence-electron chi connectivity index (χ2n) is 8.75. The molecule has 0 spiro atoms. The van der Waals surface area contributed by atoms with Crippen LogP contribution < -0.4 is 0 Å². The minimum Gasteiger partial charge on any atom is -0.284 e. The van der Waals surface area contributed by atoms with Gasteiger partial charge in [0.05, 0.1) is 36.0 Å². The van der Waals surface area contributed by atoms with Crippen molar-refractivity contribution in [3.8, 4) is 28.7 Å². The molecule has 6 heteroatoms. The molecule has 1 saturated carbocycles. The molecule has 1 fully saturated rings. The highest BCUT2D eigenvalue weighted by Crippen LogP contribution is 2.36. The monoisotopic (exact) mass is 424 g/mol. The van der Waals surface area contributed by atoms with Crippen LogP contribution in [0.5, 0.6) is 0 Å². The zero-order valence-corrected chi connectivity index (χ0v) is 18.5. The van der Waals surface area contributed by atoms with Crippen LogP contribution in [0.25, 0.3) is 28.3 Å². The number of hydrogen-bond acceptors (Lipinski definition) is 4. The highest BCUT2D eigenvalue weighted by Gasteiger charge is 2.27. The van der Waals surface area contributed by atoms with Crippen LogP contribution in [0.15, 0.2) is 55.1 Å². The van der Waals surface area contributed by atoms with Gasteiger partial charge in [0.25, 0.3) is 0 Å². The zero-order valence-electron chi connectivity index (χ0n) is 18.5. The van der Waals surface area contributed by atoms with Gasteiger partial charge in [-0.1, -0.05) is 50.5 Å². The summed E-state index contributed by atoms with van der Waals surface area (Å²) in [6, 6.07) is 13.2. The van der Waals surface area contributed by atoms with Gasteiger partial charge in [-0.3, -0.25) is 9.08 Å². The van der Waals surface area contributed by atoms with E-state index in [-0.39, 0.29) is 6.04 Å². The van der Waals surface area contributed by atoms with Crippen molar-refractivity contribution in [2.75, 3.05) is 0 Å². The molecule has 1 aromatic carbocycles. The fraction of sp³-hybridized carbons (Fsp3) is 0.385. The Bertz CT molecular complexity index is 1240. The summed E-state index contributed by atoms with van der Waals surface area (Å²) in [6.45, 7) is 2.20. The Morgan fingerprint density at radius 2 is 1.97 bits per heavy atom. The van der Waals surface area contributed by atoms with E-state index in [9.17, 15) is 5.26 Å². The van der Waals surface area contributed by atoms with Crippen molar-refractivity contribution >= 4 is 5.65 Å². The third-order valence-corrected chi connectivity index (χ3v) is 6.62. The summed E-state index contributed by atoms with van der Waals surface area (Å²) in [5.74, 6) is 1.35. The first-order chi connectivity index (χ1) is 15.8. The molecular formula is C26H28N6. The maximum Gasteiger partial charge on any atom is 0.149 e. The average Bonchev–Trinajstić information content (AvgIpc) is 3.59. The fourth-order valence-electron chi connectivity index (χ4n) is 4.95. The fourth-order valence-corrected chi connectivity index (χ4v) is 4.95. The lowest BCUT2D eigenvalue weighted by atomic mass is 9.96. The van der Waals surface area contributed by atoms with Crippen LogP contribution in [0.4, 0.5) is 0 Å². The van der Waals surface area contributed by atoms with Crippen LogP contribution in [0.3, 0.4) is 0 Å². The number of nitrogens with zero attached hydrogens (tertiary/aromatic N) is 6. The minimum absolute atomic E-state index is 0.129. The van der Waals surface area contributed by atoms with Crippen molar-refractivity contribution in [1.82, 2.24) is 24.1 Å². The van der Waals surface area contributed by atoms with Gasteiger partial charge in [-0.2, -0.15) is 10.4 Å². The molecule has 162 valence electrons. The Kier molecular flexibility index (Phi) is 5.72. The first kappa shape index (κ1) is 20.4. The largest absolute Gasteiger partial charge is 0.284 e. The number of benzene rings is 1. The number of aromatic nitrogens is 5. The molecule has 1 aliphatic rings. The van der Waals surface area contributed by atoms with Gasteiger partial charge in [0.15, 0.2) is 0 Å². The number of nitriles is 1. The molecule has 0 radical (unpaired) electrons. The minimum atomic E-state index is 0.129. The third-order valence-electron chi connectivity index (χ3n) is 6.62. The highest BCUT2D eigenvalue weighted by atomic mass is 15.3. The standard InChI is InChI=1S/C26H28N6/c1-2-5-19-8-10-20(11-9-19)23-16-25-28-14-15-31(25)26(30-23)22-17-29-32(18-22)24(12-13-27)21-6-3-4-7-21/h8-11,14-18,21,24H,2-7,12H2,1H3. The Morgan fingerprint density at radius 1 is 1.16 bits per heavy atom. The summed E-state index contributed by atoms with van der Waals surface area (Å²) in [5, 5.41) is 14.1. The van der Waals surface area contributed by atoms with Crippen LogP contribution in [0, 0.1) is 17.2 Å². The molecule has 1 aliphatic carbocycles. The Hall–Kier alpha value is -3.46. The molecule has 0 saturated heterocycles. The van der Waals surface area contributed by atoms with E-state index in [0.29, 0.717) is 12.3 Å². The van der Waals surface area contributed by atoms with Crippen LogP contribution in [-0.4, -0.2) is 24.1 Å². The van der Waals surface area contributed by atoms with Crippen LogP contribution in [-0.2, 0) is 6.42 Å². The van der Waals surface area contributed by atoms with E-state index in [1.807, 2.05) is 27.5 Å². The molecule has 0 aliphatic heterocycles. The Balaban J connectivity index is 1.53. The lowest BCUT2D eigenvalue weighted by molar-refractivity contribution is 0.315. The van der Waals surface area contributed by atoms with Gasteiger partial charge in [-0.25, -0.2) is 9.97 Å². The third kappa shape index (κ3) is 3.91. The topological polar surface area (TPSA) is 71.8 Å². The van der Waals surface area contributed by atoms with E-state index in [2.05, 4.69) is 53.5 Å². The van der Waals surface area contributed by atoms with Gasteiger partial charge < -0.3 is 0 Å². The molecule has 3 heterocycles. The van der Waals surface area contributed by atoms with Crippen LogP contribution >= 0.6 is 0 Å². The summed E-state index contributed by atoms with van der Waals surface area (Å²) < 4.78 is 4.00. The lowest BCUT2D eigenvalue weighted by Crippen LogP contribution is -2.17. The van der Waals surface area contributed by atoms with Crippen molar-refractivity contribution in [2.24, 2.45) is 5.92 Å². The SMILES string of the molecule is CCCc1ccc(-c2cc3nccn3c(-c3cnn(C(CC#N)C4CCCC4)c3)n2)cc1. The lowest BCUT2D eigenvalue weighted by Gasteiger charge is -2.21. The molecule has 0 amide bonds. The van der Waals surface area contributed by atoms with E-state index in [1.165, 1.54) is 31.2 Å². The molecule has 3 aromatic heterocycles. The van der Waals surface area contributed by atoms with Crippen molar-refractivity contribution in [3.63, 3.8) is 0 Å². The van der Waals surface area contributed by atoms with E-state index in [0.717, 1.165) is 41.1 Å². The van der Waals surface area contributed by atoms with Crippen molar-refractivity contribution in [2.45, 2.75) is 57.9 Å². The molecule has 5 rings (SSSR count). The number of rotatable bonds is 7. The van der Waals surface area contributed by atoms with Crippen LogP contribution in [0.2, 0.25) is 0 Å². The maximum atomic E-state index is 9.40.